The van der Waals surface area contributed by atoms with Gasteiger partial charge in [-0.05, 0) is 19.4 Å². The molecule has 0 fully saturated rings. The molecule has 1 aliphatic carbocycles. The van der Waals surface area contributed by atoms with E-state index in [2.05, 4.69) is 0 Å². The van der Waals surface area contributed by atoms with Crippen LogP contribution in [0.4, 0.5) is 0 Å². The van der Waals surface area contributed by atoms with Crippen LogP contribution in [0.15, 0.2) is 23.5 Å². The topological polar surface area (TPSA) is 26.3 Å². The number of carbonyl (C=O) groups is 1. The van der Waals surface area contributed by atoms with Crippen LogP contribution in [-0.4, -0.2) is 12.9 Å². The van der Waals surface area contributed by atoms with Crippen LogP contribution in [0.3, 0.4) is 0 Å². The second-order valence-electron chi connectivity index (χ2n) is 2.12. The molecule has 0 bridgehead atoms. The Morgan fingerprint density at radius 3 is 2.70 bits per heavy atom. The predicted octanol–water partition coefficient (Wildman–Crippen LogP) is 1.44. The van der Waals surface area contributed by atoms with Gasteiger partial charge in [0.2, 0.25) is 5.78 Å². The van der Waals surface area contributed by atoms with Crippen molar-refractivity contribution in [3.63, 3.8) is 0 Å². The Morgan fingerprint density at radius 2 is 2.40 bits per heavy atom. The smallest absolute Gasteiger partial charge is 0.223 e. The quantitative estimate of drug-likeness (QED) is 0.512. The molecule has 0 heterocycles. The molecule has 0 spiro atoms. The first-order chi connectivity index (χ1) is 4.79. The minimum Gasteiger partial charge on any atom is -0.493 e. The lowest BCUT2D eigenvalue weighted by Gasteiger charge is -1.96. The van der Waals surface area contributed by atoms with Crippen LogP contribution in [0.2, 0.25) is 0 Å². The third kappa shape index (κ3) is 0.967. The summed E-state index contributed by atoms with van der Waals surface area (Å²) >= 11 is 0. The summed E-state index contributed by atoms with van der Waals surface area (Å²) in [6.07, 6.45) is 4.35. The summed E-state index contributed by atoms with van der Waals surface area (Å²) in [7, 11) is 1.52. The minimum absolute atomic E-state index is 0.0324. The van der Waals surface area contributed by atoms with Crippen LogP contribution < -0.4 is 0 Å². The van der Waals surface area contributed by atoms with Gasteiger partial charge < -0.3 is 4.74 Å². The lowest BCUT2D eigenvalue weighted by Crippen LogP contribution is -2.00. The average molecular weight is 138 g/mol. The van der Waals surface area contributed by atoms with E-state index in [4.69, 9.17) is 4.74 Å². The van der Waals surface area contributed by atoms with Gasteiger partial charge in [0.1, 0.15) is 0 Å². The fraction of sp³-hybridized carbons (Fsp3) is 0.375. The molecular formula is C8H10O2. The average Bonchev–Trinajstić information content (AvgIpc) is 2.30. The normalized spacial score (nSPS) is 21.6. The first kappa shape index (κ1) is 7.06. The van der Waals surface area contributed by atoms with Crippen molar-refractivity contribution >= 4 is 5.78 Å². The lowest BCUT2D eigenvalue weighted by molar-refractivity contribution is -0.114. The number of ether oxygens (including phenoxy) is 1. The fourth-order valence-corrected chi connectivity index (χ4v) is 0.971. The number of allylic oxidation sites excluding steroid dienone is 3. The maximum atomic E-state index is 11.1. The Morgan fingerprint density at radius 1 is 1.70 bits per heavy atom. The molecule has 0 aliphatic heterocycles. The summed E-state index contributed by atoms with van der Waals surface area (Å²) in [4.78, 5) is 11.1. The summed E-state index contributed by atoms with van der Waals surface area (Å²) in [5, 5.41) is 0. The van der Waals surface area contributed by atoms with Gasteiger partial charge in [0.15, 0.2) is 5.76 Å². The number of ketones is 1. The maximum absolute atomic E-state index is 11.1. The van der Waals surface area contributed by atoms with Gasteiger partial charge in [0, 0.05) is 5.57 Å². The molecule has 0 aromatic rings. The van der Waals surface area contributed by atoms with Gasteiger partial charge >= 0.3 is 0 Å². The van der Waals surface area contributed by atoms with Crippen LogP contribution in [0.1, 0.15) is 13.3 Å². The third-order valence-electron chi connectivity index (χ3n) is 1.59. The molecule has 0 saturated heterocycles. The van der Waals surface area contributed by atoms with Crippen molar-refractivity contribution in [3.05, 3.63) is 23.5 Å². The van der Waals surface area contributed by atoms with E-state index in [1.807, 2.05) is 13.0 Å². The molecular weight excluding hydrogens is 128 g/mol. The molecule has 0 saturated carbocycles. The zero-order valence-corrected chi connectivity index (χ0v) is 6.18. The van der Waals surface area contributed by atoms with E-state index in [0.29, 0.717) is 5.76 Å². The molecule has 54 valence electrons. The van der Waals surface area contributed by atoms with Crippen LogP contribution in [-0.2, 0) is 9.53 Å². The lowest BCUT2D eigenvalue weighted by atomic mass is 10.2. The molecule has 1 aliphatic rings. The summed E-state index contributed by atoms with van der Waals surface area (Å²) in [5.41, 5.74) is 0.830. The van der Waals surface area contributed by atoms with E-state index in [1.165, 1.54) is 7.11 Å². The number of hydrogen-bond acceptors (Lipinski definition) is 2. The van der Waals surface area contributed by atoms with Gasteiger partial charge in [0.05, 0.1) is 7.11 Å². The Labute approximate surface area is 60.2 Å². The van der Waals surface area contributed by atoms with E-state index in [-0.39, 0.29) is 5.78 Å². The second-order valence-corrected chi connectivity index (χ2v) is 2.12. The molecule has 0 N–H and O–H groups in total. The van der Waals surface area contributed by atoms with E-state index in [1.54, 1.807) is 6.08 Å². The van der Waals surface area contributed by atoms with Gasteiger partial charge in [-0.1, -0.05) is 6.08 Å². The van der Waals surface area contributed by atoms with Crippen LogP contribution in [0.5, 0.6) is 0 Å². The highest BCUT2D eigenvalue weighted by atomic mass is 16.5. The molecule has 0 unspecified atom stereocenters. The van der Waals surface area contributed by atoms with E-state index < -0.39 is 0 Å². The summed E-state index contributed by atoms with van der Waals surface area (Å²) < 4.78 is 4.83. The predicted molar refractivity (Wildman–Crippen MR) is 38.5 cm³/mol. The Bertz CT molecular complexity index is 211. The summed E-state index contributed by atoms with van der Waals surface area (Å²) in [5.74, 6) is 0.512. The zero-order valence-electron chi connectivity index (χ0n) is 6.18. The number of methoxy groups -OCH3 is 1. The highest BCUT2D eigenvalue weighted by Gasteiger charge is 2.19. The zero-order chi connectivity index (χ0) is 7.56. The van der Waals surface area contributed by atoms with Crippen LogP contribution in [0.25, 0.3) is 0 Å². The van der Waals surface area contributed by atoms with Crippen LogP contribution in [0, 0.1) is 0 Å². The SMILES string of the molecule is C/C=C1/CC=C(OC)C1=O. The van der Waals surface area contributed by atoms with E-state index in [9.17, 15) is 4.79 Å². The maximum Gasteiger partial charge on any atom is 0.223 e. The largest absolute Gasteiger partial charge is 0.493 e. The minimum atomic E-state index is 0.0324. The van der Waals surface area contributed by atoms with Crippen molar-refractivity contribution in [1.82, 2.24) is 0 Å². The van der Waals surface area contributed by atoms with Crippen molar-refractivity contribution in [1.29, 1.82) is 0 Å². The number of hydrogen-bond donors (Lipinski definition) is 0. The fourth-order valence-electron chi connectivity index (χ4n) is 0.971. The molecule has 10 heavy (non-hydrogen) atoms. The van der Waals surface area contributed by atoms with Crippen LogP contribution >= 0.6 is 0 Å². The summed E-state index contributed by atoms with van der Waals surface area (Å²) in [6, 6.07) is 0. The number of carbonyl (C=O) groups excluding carboxylic acids is 1. The molecule has 2 heteroatoms. The van der Waals surface area contributed by atoms with Crippen molar-refractivity contribution in [2.75, 3.05) is 7.11 Å². The first-order valence-corrected chi connectivity index (χ1v) is 3.23. The van der Waals surface area contributed by atoms with Crippen molar-refractivity contribution < 1.29 is 9.53 Å². The molecule has 1 rings (SSSR count). The van der Waals surface area contributed by atoms with E-state index >= 15 is 0 Å². The molecule has 0 radical (unpaired) electrons. The third-order valence-corrected chi connectivity index (χ3v) is 1.59. The molecule has 0 aromatic carbocycles. The molecule has 2 nitrogen and oxygen atoms in total. The second kappa shape index (κ2) is 2.69. The Balaban J connectivity index is 2.79. The van der Waals surface area contributed by atoms with Gasteiger partial charge in [-0.2, -0.15) is 0 Å². The van der Waals surface area contributed by atoms with Crippen molar-refractivity contribution in [3.8, 4) is 0 Å². The molecule has 0 amide bonds. The van der Waals surface area contributed by atoms with Gasteiger partial charge in [-0.25, -0.2) is 0 Å². The number of Topliss-reactive ketones (excluding diaryl/α,β-unsaturated/α-hetero) is 1. The molecule has 0 aromatic heterocycles. The van der Waals surface area contributed by atoms with Gasteiger partial charge in [0.25, 0.3) is 0 Å². The summed E-state index contributed by atoms with van der Waals surface area (Å²) in [6.45, 7) is 1.86. The Kier molecular flexibility index (Phi) is 1.90. The highest BCUT2D eigenvalue weighted by Crippen LogP contribution is 2.19. The monoisotopic (exact) mass is 138 g/mol. The van der Waals surface area contributed by atoms with Gasteiger partial charge in [-0.3, -0.25) is 4.79 Å². The van der Waals surface area contributed by atoms with Crippen molar-refractivity contribution in [2.45, 2.75) is 13.3 Å². The standard InChI is InChI=1S/C8H10O2/c1-3-6-4-5-7(10-2)8(6)9/h3,5H,4H2,1-2H3/b6-3-. The molecule has 0 atom stereocenters. The Hall–Kier alpha value is -1.05. The van der Waals surface area contributed by atoms with Crippen molar-refractivity contribution in [2.24, 2.45) is 0 Å². The van der Waals surface area contributed by atoms with E-state index in [0.717, 1.165) is 12.0 Å². The first-order valence-electron chi connectivity index (χ1n) is 3.23. The number of rotatable bonds is 1. The van der Waals surface area contributed by atoms with Gasteiger partial charge in [-0.15, -0.1) is 0 Å². The highest BCUT2D eigenvalue weighted by molar-refractivity contribution is 6.09.